The highest BCUT2D eigenvalue weighted by molar-refractivity contribution is 6.03. The molecule has 29 heavy (non-hydrogen) atoms. The first kappa shape index (κ1) is 21.0. The van der Waals surface area contributed by atoms with Crippen LogP contribution in [-0.4, -0.2) is 33.6 Å². The van der Waals surface area contributed by atoms with Crippen LogP contribution in [0.1, 0.15) is 42.9 Å². The van der Waals surface area contributed by atoms with Gasteiger partial charge in [0.25, 0.3) is 5.72 Å². The molecule has 0 bridgehead atoms. The average molecular weight is 404 g/mol. The van der Waals surface area contributed by atoms with E-state index in [4.69, 9.17) is 0 Å². The summed E-state index contributed by atoms with van der Waals surface area (Å²) < 4.78 is 40.9. The van der Waals surface area contributed by atoms with E-state index in [2.05, 4.69) is 5.10 Å². The number of nitrogens with zero attached hydrogens (tertiary/aromatic N) is 2. The molecule has 0 spiro atoms. The van der Waals surface area contributed by atoms with E-state index < -0.39 is 24.2 Å². The van der Waals surface area contributed by atoms with Gasteiger partial charge in [0.05, 0.1) is 12.1 Å². The summed E-state index contributed by atoms with van der Waals surface area (Å²) in [5.41, 5.74) is -0.788. The van der Waals surface area contributed by atoms with Crippen molar-refractivity contribution >= 4 is 11.6 Å². The van der Waals surface area contributed by atoms with Crippen LogP contribution in [0, 0.1) is 0 Å². The summed E-state index contributed by atoms with van der Waals surface area (Å²) in [6.07, 6.45) is -4.23. The zero-order valence-electron chi connectivity index (χ0n) is 16.1. The van der Waals surface area contributed by atoms with E-state index in [0.29, 0.717) is 18.4 Å². The van der Waals surface area contributed by atoms with Crippen LogP contribution < -0.4 is 0 Å². The fraction of sp³-hybridized carbons (Fsp3) is 0.364. The SMILES string of the molecule is CCc1ccc(C2=NN(C(=O)CCCc3ccccc3)[C@@](O)(C(F)(F)F)C2)cc1. The highest BCUT2D eigenvalue weighted by Gasteiger charge is 2.63. The molecule has 0 aliphatic carbocycles. The lowest BCUT2D eigenvalue weighted by atomic mass is 9.99. The molecule has 7 heteroatoms. The maximum absolute atomic E-state index is 13.6. The number of aliphatic hydroxyl groups is 1. The second-order valence-corrected chi connectivity index (χ2v) is 7.13. The van der Waals surface area contributed by atoms with Gasteiger partial charge in [-0.05, 0) is 36.0 Å². The maximum Gasteiger partial charge on any atom is 0.438 e. The Bertz CT molecular complexity index is 879. The predicted molar refractivity (Wildman–Crippen MR) is 104 cm³/mol. The van der Waals surface area contributed by atoms with Crippen molar-refractivity contribution in [3.63, 3.8) is 0 Å². The van der Waals surface area contributed by atoms with Crippen LogP contribution in [0.4, 0.5) is 13.2 Å². The van der Waals surface area contributed by atoms with Crippen molar-refractivity contribution < 1.29 is 23.1 Å². The first-order chi connectivity index (χ1) is 13.7. The van der Waals surface area contributed by atoms with Gasteiger partial charge >= 0.3 is 6.18 Å². The fourth-order valence-corrected chi connectivity index (χ4v) is 3.32. The van der Waals surface area contributed by atoms with Gasteiger partial charge in [-0.3, -0.25) is 4.79 Å². The molecule has 0 radical (unpaired) electrons. The molecule has 1 atom stereocenters. The second kappa shape index (κ2) is 8.37. The summed E-state index contributed by atoms with van der Waals surface area (Å²) in [6.45, 7) is 1.97. The van der Waals surface area contributed by atoms with E-state index in [9.17, 15) is 23.1 Å². The zero-order chi connectivity index (χ0) is 21.1. The van der Waals surface area contributed by atoms with Crippen molar-refractivity contribution in [2.45, 2.75) is 50.9 Å². The summed E-state index contributed by atoms with van der Waals surface area (Å²) >= 11 is 0. The largest absolute Gasteiger partial charge is 0.438 e. The Balaban J connectivity index is 1.77. The third-order valence-electron chi connectivity index (χ3n) is 5.07. The topological polar surface area (TPSA) is 52.9 Å². The van der Waals surface area contributed by atoms with Crippen molar-refractivity contribution in [1.82, 2.24) is 5.01 Å². The van der Waals surface area contributed by atoms with Gasteiger partial charge in [0.2, 0.25) is 5.91 Å². The highest BCUT2D eigenvalue weighted by Crippen LogP contribution is 2.41. The molecule has 3 rings (SSSR count). The van der Waals surface area contributed by atoms with Crippen LogP contribution in [0.5, 0.6) is 0 Å². The van der Waals surface area contributed by atoms with Crippen LogP contribution in [0.3, 0.4) is 0 Å². The van der Waals surface area contributed by atoms with Gasteiger partial charge in [-0.25, -0.2) is 0 Å². The minimum absolute atomic E-state index is 0.0453. The number of rotatable bonds is 6. The molecule has 0 fully saturated rings. The van der Waals surface area contributed by atoms with E-state index in [1.807, 2.05) is 37.3 Å². The van der Waals surface area contributed by atoms with Crippen LogP contribution in [-0.2, 0) is 17.6 Å². The number of halogens is 3. The van der Waals surface area contributed by atoms with Gasteiger partial charge in [-0.15, -0.1) is 0 Å². The second-order valence-electron chi connectivity index (χ2n) is 7.13. The molecule has 154 valence electrons. The monoisotopic (exact) mass is 404 g/mol. The first-order valence-electron chi connectivity index (χ1n) is 9.57. The van der Waals surface area contributed by atoms with Crippen LogP contribution >= 0.6 is 0 Å². The van der Waals surface area contributed by atoms with E-state index in [-0.39, 0.29) is 17.1 Å². The maximum atomic E-state index is 13.6. The summed E-state index contributed by atoms with van der Waals surface area (Å²) in [5.74, 6) is -0.846. The molecule has 0 saturated carbocycles. The Morgan fingerprint density at radius 1 is 1.10 bits per heavy atom. The molecule has 1 amide bonds. The molecule has 0 aromatic heterocycles. The molecule has 1 aliphatic rings. The van der Waals surface area contributed by atoms with Crippen LogP contribution in [0.2, 0.25) is 0 Å². The molecule has 0 saturated heterocycles. The molecule has 2 aromatic carbocycles. The standard InChI is InChI=1S/C22H23F3N2O2/c1-2-16-11-13-18(14-12-16)19-15-21(29,22(23,24)25)27(26-19)20(28)10-6-9-17-7-4-3-5-8-17/h3-5,7-8,11-14,29H,2,6,9-10,15H2,1H3/t21-/m0/s1. The smallest absolute Gasteiger partial charge is 0.362 e. The summed E-state index contributed by atoms with van der Waals surface area (Å²) in [6, 6.07) is 16.3. The minimum Gasteiger partial charge on any atom is -0.362 e. The fourth-order valence-electron chi connectivity index (χ4n) is 3.32. The van der Waals surface area contributed by atoms with Gasteiger partial charge in [0.1, 0.15) is 0 Å². The van der Waals surface area contributed by atoms with Crippen molar-refractivity contribution in [3.8, 4) is 0 Å². The van der Waals surface area contributed by atoms with Crippen molar-refractivity contribution in [1.29, 1.82) is 0 Å². The third-order valence-corrected chi connectivity index (χ3v) is 5.07. The number of carbonyl (C=O) groups is 1. The predicted octanol–water partition coefficient (Wildman–Crippen LogP) is 4.46. The Labute approximate surface area is 167 Å². The number of benzene rings is 2. The van der Waals surface area contributed by atoms with Gasteiger partial charge < -0.3 is 5.11 Å². The molecular weight excluding hydrogens is 381 g/mol. The number of hydrogen-bond donors (Lipinski definition) is 1. The summed E-state index contributed by atoms with van der Waals surface area (Å²) in [4.78, 5) is 12.5. The Morgan fingerprint density at radius 2 is 1.76 bits per heavy atom. The van der Waals surface area contributed by atoms with E-state index >= 15 is 0 Å². The van der Waals surface area contributed by atoms with Crippen LogP contribution in [0.15, 0.2) is 59.7 Å². The number of amides is 1. The van der Waals surface area contributed by atoms with Crippen molar-refractivity contribution in [2.75, 3.05) is 0 Å². The first-order valence-corrected chi connectivity index (χ1v) is 9.57. The van der Waals surface area contributed by atoms with Gasteiger partial charge in [-0.1, -0.05) is 61.5 Å². The highest BCUT2D eigenvalue weighted by atomic mass is 19.4. The van der Waals surface area contributed by atoms with E-state index in [1.165, 1.54) is 0 Å². The summed E-state index contributed by atoms with van der Waals surface area (Å²) in [5, 5.41) is 14.5. The normalized spacial score (nSPS) is 19.3. The van der Waals surface area contributed by atoms with Crippen LogP contribution in [0.25, 0.3) is 0 Å². The molecule has 4 nitrogen and oxygen atoms in total. The molecular formula is C22H23F3N2O2. The quantitative estimate of drug-likeness (QED) is 0.773. The Hall–Kier alpha value is -2.67. The lowest BCUT2D eigenvalue weighted by Gasteiger charge is -2.32. The van der Waals surface area contributed by atoms with Gasteiger partial charge in [-0.2, -0.15) is 23.3 Å². The minimum atomic E-state index is -5.02. The average Bonchev–Trinajstić information content (AvgIpc) is 3.08. The lowest BCUT2D eigenvalue weighted by Crippen LogP contribution is -2.56. The lowest BCUT2D eigenvalue weighted by molar-refractivity contribution is -0.302. The Morgan fingerprint density at radius 3 is 2.34 bits per heavy atom. The van der Waals surface area contributed by atoms with Crippen molar-refractivity contribution in [3.05, 3.63) is 71.3 Å². The van der Waals surface area contributed by atoms with Crippen molar-refractivity contribution in [2.24, 2.45) is 5.10 Å². The van der Waals surface area contributed by atoms with E-state index in [1.54, 1.807) is 24.3 Å². The number of alkyl halides is 3. The third kappa shape index (κ3) is 4.50. The van der Waals surface area contributed by atoms with Gasteiger partial charge in [0, 0.05) is 6.42 Å². The molecule has 1 heterocycles. The van der Waals surface area contributed by atoms with E-state index in [0.717, 1.165) is 17.5 Å². The number of aryl methyl sites for hydroxylation is 2. The molecule has 2 aromatic rings. The number of carbonyl (C=O) groups excluding carboxylic acids is 1. The van der Waals surface area contributed by atoms with Gasteiger partial charge in [0.15, 0.2) is 0 Å². The molecule has 0 unspecified atom stereocenters. The number of hydrogen-bond acceptors (Lipinski definition) is 3. The zero-order valence-corrected chi connectivity index (χ0v) is 16.1. The summed E-state index contributed by atoms with van der Waals surface area (Å²) in [7, 11) is 0. The molecule has 1 N–H and O–H groups in total. The number of hydrazone groups is 1. The molecule has 1 aliphatic heterocycles. The Kier molecular flexibility index (Phi) is 6.07.